The highest BCUT2D eigenvalue weighted by molar-refractivity contribution is 5.75. The largest absolute Gasteiger partial charge is 0.481 e. The number of carboxylic acid groups (broad SMARTS) is 1. The van der Waals surface area contributed by atoms with Gasteiger partial charge in [-0.2, -0.15) is 0 Å². The molecule has 98 valence electrons. The molecule has 0 saturated carbocycles. The van der Waals surface area contributed by atoms with Crippen LogP contribution in [-0.2, 0) is 9.53 Å². The zero-order chi connectivity index (χ0) is 12.8. The number of aliphatic carboxylic acids is 1. The Kier molecular flexibility index (Phi) is 5.21. The molecule has 2 amide bonds. The molecule has 1 unspecified atom stereocenters. The fraction of sp³-hybridized carbons (Fsp3) is 0.818. The van der Waals surface area contributed by atoms with Crippen LogP contribution in [0.4, 0.5) is 4.79 Å². The van der Waals surface area contributed by atoms with Gasteiger partial charge in [-0.15, -0.1) is 0 Å². The summed E-state index contributed by atoms with van der Waals surface area (Å²) in [4.78, 5) is 25.8. The van der Waals surface area contributed by atoms with Gasteiger partial charge in [0, 0.05) is 20.1 Å². The van der Waals surface area contributed by atoms with Gasteiger partial charge in [-0.1, -0.05) is 6.92 Å². The SMILES string of the molecule is CCC1COCCN1C(=O)N(C)CCC(=O)O. The summed E-state index contributed by atoms with van der Waals surface area (Å²) in [7, 11) is 1.63. The lowest BCUT2D eigenvalue weighted by Crippen LogP contribution is -2.52. The van der Waals surface area contributed by atoms with E-state index in [9.17, 15) is 9.59 Å². The number of morpholine rings is 1. The third kappa shape index (κ3) is 3.89. The highest BCUT2D eigenvalue weighted by Crippen LogP contribution is 2.12. The molecule has 0 aromatic rings. The van der Waals surface area contributed by atoms with Crippen molar-refractivity contribution in [2.24, 2.45) is 0 Å². The molecule has 0 aliphatic carbocycles. The molecule has 0 aromatic carbocycles. The Bertz CT molecular complexity index is 283. The van der Waals surface area contributed by atoms with Gasteiger partial charge < -0.3 is 19.6 Å². The molecule has 1 N–H and O–H groups in total. The number of carbonyl (C=O) groups excluding carboxylic acids is 1. The number of hydrogen-bond donors (Lipinski definition) is 1. The van der Waals surface area contributed by atoms with Crippen molar-refractivity contribution in [3.05, 3.63) is 0 Å². The molecule has 0 bridgehead atoms. The van der Waals surface area contributed by atoms with Crippen molar-refractivity contribution in [3.8, 4) is 0 Å². The van der Waals surface area contributed by atoms with Crippen molar-refractivity contribution in [2.45, 2.75) is 25.8 Å². The van der Waals surface area contributed by atoms with Gasteiger partial charge in [0.25, 0.3) is 0 Å². The van der Waals surface area contributed by atoms with Crippen LogP contribution in [0.15, 0.2) is 0 Å². The Morgan fingerprint density at radius 2 is 2.24 bits per heavy atom. The van der Waals surface area contributed by atoms with Gasteiger partial charge in [0.15, 0.2) is 0 Å². The standard InChI is InChI=1S/C11H20N2O4/c1-3-9-8-17-7-6-13(9)11(16)12(2)5-4-10(14)15/h9H,3-8H2,1-2H3,(H,14,15). The molecule has 1 heterocycles. The minimum Gasteiger partial charge on any atom is -0.481 e. The molecule has 1 aliphatic rings. The second-order valence-electron chi connectivity index (χ2n) is 4.18. The van der Waals surface area contributed by atoms with Gasteiger partial charge in [-0.25, -0.2) is 4.79 Å². The molecule has 6 nitrogen and oxygen atoms in total. The number of amides is 2. The quantitative estimate of drug-likeness (QED) is 0.787. The van der Waals surface area contributed by atoms with Crippen LogP contribution >= 0.6 is 0 Å². The van der Waals surface area contributed by atoms with E-state index in [2.05, 4.69) is 0 Å². The van der Waals surface area contributed by atoms with E-state index in [-0.39, 0.29) is 25.0 Å². The van der Waals surface area contributed by atoms with Crippen LogP contribution in [-0.4, -0.2) is 66.3 Å². The number of urea groups is 1. The van der Waals surface area contributed by atoms with Gasteiger partial charge in [-0.05, 0) is 6.42 Å². The maximum atomic E-state index is 12.1. The first-order chi connectivity index (χ1) is 8.06. The molecule has 1 saturated heterocycles. The Morgan fingerprint density at radius 1 is 1.53 bits per heavy atom. The van der Waals surface area contributed by atoms with Crippen molar-refractivity contribution >= 4 is 12.0 Å². The van der Waals surface area contributed by atoms with Gasteiger partial charge in [0.1, 0.15) is 0 Å². The molecule has 0 spiro atoms. The van der Waals surface area contributed by atoms with Gasteiger partial charge >= 0.3 is 12.0 Å². The summed E-state index contributed by atoms with van der Waals surface area (Å²) in [5.41, 5.74) is 0. The molecule has 1 aliphatic heterocycles. The average Bonchev–Trinajstić information content (AvgIpc) is 2.34. The van der Waals surface area contributed by atoms with Crippen molar-refractivity contribution in [3.63, 3.8) is 0 Å². The lowest BCUT2D eigenvalue weighted by molar-refractivity contribution is -0.137. The molecule has 17 heavy (non-hydrogen) atoms. The summed E-state index contributed by atoms with van der Waals surface area (Å²) in [6.45, 7) is 3.94. The lowest BCUT2D eigenvalue weighted by Gasteiger charge is -2.37. The zero-order valence-corrected chi connectivity index (χ0v) is 10.4. The van der Waals surface area contributed by atoms with Gasteiger partial charge in [-0.3, -0.25) is 4.79 Å². The number of ether oxygens (including phenoxy) is 1. The van der Waals surface area contributed by atoms with Crippen molar-refractivity contribution in [1.82, 2.24) is 9.80 Å². The first-order valence-electron chi connectivity index (χ1n) is 5.87. The monoisotopic (exact) mass is 244 g/mol. The molecule has 0 aromatic heterocycles. The van der Waals surface area contributed by atoms with Gasteiger partial charge in [0.05, 0.1) is 25.7 Å². The van der Waals surface area contributed by atoms with Crippen molar-refractivity contribution < 1.29 is 19.4 Å². The Morgan fingerprint density at radius 3 is 2.82 bits per heavy atom. The summed E-state index contributed by atoms with van der Waals surface area (Å²) in [5, 5.41) is 8.58. The highest BCUT2D eigenvalue weighted by atomic mass is 16.5. The Labute approximate surface area is 101 Å². The minimum absolute atomic E-state index is 0.0244. The molecular formula is C11H20N2O4. The van der Waals surface area contributed by atoms with Crippen LogP contribution in [0.3, 0.4) is 0 Å². The summed E-state index contributed by atoms with van der Waals surface area (Å²) in [6, 6.07) is -0.00933. The molecule has 1 atom stereocenters. The number of hydrogen-bond acceptors (Lipinski definition) is 3. The second kappa shape index (κ2) is 6.44. The Balaban J connectivity index is 2.51. The maximum absolute atomic E-state index is 12.1. The van der Waals surface area contributed by atoms with E-state index in [4.69, 9.17) is 9.84 Å². The number of carboxylic acids is 1. The summed E-state index contributed by atoms with van der Waals surface area (Å²) in [6.07, 6.45) is 0.821. The summed E-state index contributed by atoms with van der Waals surface area (Å²) in [5.74, 6) is -0.890. The summed E-state index contributed by atoms with van der Waals surface area (Å²) < 4.78 is 5.32. The number of rotatable bonds is 4. The highest BCUT2D eigenvalue weighted by Gasteiger charge is 2.27. The Hall–Kier alpha value is -1.30. The van der Waals surface area contributed by atoms with E-state index in [0.717, 1.165) is 6.42 Å². The average molecular weight is 244 g/mol. The van der Waals surface area contributed by atoms with E-state index in [1.54, 1.807) is 11.9 Å². The second-order valence-corrected chi connectivity index (χ2v) is 4.18. The van der Waals surface area contributed by atoms with Crippen LogP contribution in [0.25, 0.3) is 0 Å². The van der Waals surface area contributed by atoms with Crippen LogP contribution in [0.2, 0.25) is 0 Å². The zero-order valence-electron chi connectivity index (χ0n) is 10.4. The van der Waals surface area contributed by atoms with E-state index in [1.165, 1.54) is 4.90 Å². The fourth-order valence-electron chi connectivity index (χ4n) is 1.82. The fourth-order valence-corrected chi connectivity index (χ4v) is 1.82. The molecular weight excluding hydrogens is 224 g/mol. The number of nitrogens with zero attached hydrogens (tertiary/aromatic N) is 2. The molecule has 1 rings (SSSR count). The smallest absolute Gasteiger partial charge is 0.320 e. The van der Waals surface area contributed by atoms with E-state index < -0.39 is 5.97 Å². The molecule has 0 radical (unpaired) electrons. The van der Waals surface area contributed by atoms with Crippen LogP contribution in [0.1, 0.15) is 19.8 Å². The van der Waals surface area contributed by atoms with E-state index >= 15 is 0 Å². The third-order valence-electron chi connectivity index (χ3n) is 2.93. The first kappa shape index (κ1) is 13.8. The van der Waals surface area contributed by atoms with Crippen LogP contribution in [0.5, 0.6) is 0 Å². The number of carbonyl (C=O) groups is 2. The normalized spacial score (nSPS) is 20.1. The summed E-state index contributed by atoms with van der Waals surface area (Å²) >= 11 is 0. The predicted octanol–water partition coefficient (Wildman–Crippen LogP) is 0.624. The lowest BCUT2D eigenvalue weighted by atomic mass is 10.2. The van der Waals surface area contributed by atoms with Crippen LogP contribution < -0.4 is 0 Å². The third-order valence-corrected chi connectivity index (χ3v) is 2.93. The van der Waals surface area contributed by atoms with Gasteiger partial charge in [0.2, 0.25) is 0 Å². The van der Waals surface area contributed by atoms with E-state index in [1.807, 2.05) is 6.92 Å². The maximum Gasteiger partial charge on any atom is 0.320 e. The van der Waals surface area contributed by atoms with Crippen LogP contribution in [0, 0.1) is 0 Å². The van der Waals surface area contributed by atoms with E-state index in [0.29, 0.717) is 19.8 Å². The topological polar surface area (TPSA) is 70.1 Å². The molecule has 1 fully saturated rings. The predicted molar refractivity (Wildman–Crippen MR) is 61.9 cm³/mol. The van der Waals surface area contributed by atoms with Crippen molar-refractivity contribution in [1.29, 1.82) is 0 Å². The molecule has 6 heteroatoms. The van der Waals surface area contributed by atoms with Crippen molar-refractivity contribution in [2.75, 3.05) is 33.4 Å². The first-order valence-corrected chi connectivity index (χ1v) is 5.87. The minimum atomic E-state index is -0.890.